The lowest BCUT2D eigenvalue weighted by molar-refractivity contribution is 0.456. The normalized spacial score (nSPS) is 15.4. The summed E-state index contributed by atoms with van der Waals surface area (Å²) in [6.07, 6.45) is 6.44. The lowest BCUT2D eigenvalue weighted by Crippen LogP contribution is -2.26. The summed E-state index contributed by atoms with van der Waals surface area (Å²) in [5, 5.41) is 10.7. The molecule has 0 aliphatic heterocycles. The predicted molar refractivity (Wildman–Crippen MR) is 117 cm³/mol. The van der Waals surface area contributed by atoms with Gasteiger partial charge in [0.25, 0.3) is 0 Å². The van der Waals surface area contributed by atoms with Gasteiger partial charge in [0.1, 0.15) is 0 Å². The van der Waals surface area contributed by atoms with Crippen LogP contribution in [0.2, 0.25) is 10.0 Å². The number of fused-ring (bicyclic) bond motifs is 2. The van der Waals surface area contributed by atoms with Gasteiger partial charge in [-0.15, -0.1) is 0 Å². The van der Waals surface area contributed by atoms with Gasteiger partial charge in [0.15, 0.2) is 0 Å². The molecule has 5 heteroatoms. The molecule has 1 fully saturated rings. The molecule has 1 unspecified atom stereocenters. The van der Waals surface area contributed by atoms with Gasteiger partial charge in [-0.05, 0) is 68.6 Å². The van der Waals surface area contributed by atoms with E-state index in [0.29, 0.717) is 11.1 Å². The average molecular weight is 402 g/mol. The number of nitrogens with zero attached hydrogens (tertiary/aromatic N) is 1. The second-order valence-electron chi connectivity index (χ2n) is 7.54. The van der Waals surface area contributed by atoms with E-state index in [1.807, 2.05) is 36.4 Å². The molecule has 3 nitrogen and oxygen atoms in total. The number of halogens is 2. The Morgan fingerprint density at radius 1 is 1.04 bits per heavy atom. The Morgan fingerprint density at radius 2 is 1.81 bits per heavy atom. The minimum Gasteiger partial charge on any atom is -0.384 e. The minimum atomic E-state index is 0.624. The number of hydrogen-bond acceptors (Lipinski definition) is 3. The van der Waals surface area contributed by atoms with Gasteiger partial charge in [0, 0.05) is 33.4 Å². The van der Waals surface area contributed by atoms with Crippen LogP contribution < -0.4 is 10.6 Å². The third kappa shape index (κ3) is 4.48. The molecular weight excluding hydrogens is 377 g/mol. The highest BCUT2D eigenvalue weighted by atomic mass is 35.5. The van der Waals surface area contributed by atoms with Gasteiger partial charge in [0.2, 0.25) is 0 Å². The zero-order chi connectivity index (χ0) is 18.8. The maximum absolute atomic E-state index is 6.26. The summed E-state index contributed by atoms with van der Waals surface area (Å²) in [6.45, 7) is 0.923. The van der Waals surface area contributed by atoms with Crippen molar-refractivity contribution in [2.45, 2.75) is 38.1 Å². The maximum Gasteiger partial charge on any atom is 0.0745 e. The Hall–Kier alpha value is -1.55. The first-order valence-corrected chi connectivity index (χ1v) is 10.5. The predicted octanol–water partition coefficient (Wildman–Crippen LogP) is 6.28. The number of benzene rings is 2. The second-order valence-corrected chi connectivity index (χ2v) is 8.42. The lowest BCUT2D eigenvalue weighted by atomic mass is 10.0. The van der Waals surface area contributed by atoms with Crippen LogP contribution in [-0.2, 0) is 0 Å². The van der Waals surface area contributed by atoms with Gasteiger partial charge >= 0.3 is 0 Å². The molecule has 1 aromatic heterocycles. The van der Waals surface area contributed by atoms with E-state index in [0.717, 1.165) is 51.4 Å². The molecule has 0 saturated heterocycles. The van der Waals surface area contributed by atoms with E-state index in [-0.39, 0.29) is 0 Å². The van der Waals surface area contributed by atoms with Crippen molar-refractivity contribution in [2.24, 2.45) is 5.92 Å². The van der Waals surface area contributed by atoms with Crippen molar-refractivity contribution in [2.75, 3.05) is 18.9 Å². The highest BCUT2D eigenvalue weighted by Crippen LogP contribution is 2.35. The van der Waals surface area contributed by atoms with E-state index in [1.165, 1.54) is 25.7 Å². The average Bonchev–Trinajstić information content (AvgIpc) is 3.47. The van der Waals surface area contributed by atoms with Crippen LogP contribution in [0.25, 0.3) is 21.8 Å². The standard InChI is InChI=1S/C22H25Cl2N3/c1-25-17(11-14-4-5-14)3-2-10-26-22-18-8-6-16(24)13-21(18)27-20-9-7-15(23)12-19(20)22/h6-9,12-14,17,25H,2-5,10-11H2,1H3,(H,26,27). The summed E-state index contributed by atoms with van der Waals surface area (Å²) in [4.78, 5) is 4.76. The Labute approximate surface area is 170 Å². The molecule has 27 heavy (non-hydrogen) atoms. The third-order valence-electron chi connectivity index (χ3n) is 5.45. The second kappa shape index (κ2) is 8.22. The first-order chi connectivity index (χ1) is 13.1. The molecule has 1 heterocycles. The van der Waals surface area contributed by atoms with E-state index in [4.69, 9.17) is 28.2 Å². The van der Waals surface area contributed by atoms with Crippen LogP contribution in [0.4, 0.5) is 5.69 Å². The molecule has 3 aromatic rings. The van der Waals surface area contributed by atoms with Gasteiger partial charge in [-0.2, -0.15) is 0 Å². The van der Waals surface area contributed by atoms with E-state index < -0.39 is 0 Å². The number of pyridine rings is 1. The van der Waals surface area contributed by atoms with Crippen LogP contribution in [0.1, 0.15) is 32.1 Å². The Balaban J connectivity index is 1.55. The van der Waals surface area contributed by atoms with Gasteiger partial charge in [-0.3, -0.25) is 0 Å². The molecule has 0 bridgehead atoms. The van der Waals surface area contributed by atoms with Crippen LogP contribution >= 0.6 is 23.2 Å². The van der Waals surface area contributed by atoms with Gasteiger partial charge in [-0.25, -0.2) is 4.98 Å². The largest absolute Gasteiger partial charge is 0.384 e. The number of anilines is 1. The van der Waals surface area contributed by atoms with E-state index in [1.54, 1.807) is 0 Å². The molecule has 4 rings (SSSR count). The first kappa shape index (κ1) is 18.8. The summed E-state index contributed by atoms with van der Waals surface area (Å²) in [7, 11) is 2.08. The number of aromatic nitrogens is 1. The highest BCUT2D eigenvalue weighted by molar-refractivity contribution is 6.32. The Kier molecular flexibility index (Phi) is 5.72. The third-order valence-corrected chi connectivity index (χ3v) is 5.92. The fourth-order valence-electron chi connectivity index (χ4n) is 3.78. The van der Waals surface area contributed by atoms with Crippen molar-refractivity contribution in [3.05, 3.63) is 46.4 Å². The molecule has 0 amide bonds. The van der Waals surface area contributed by atoms with Crippen LogP contribution in [0.15, 0.2) is 36.4 Å². The monoisotopic (exact) mass is 401 g/mol. The zero-order valence-electron chi connectivity index (χ0n) is 15.6. The van der Waals surface area contributed by atoms with Gasteiger partial charge in [0.05, 0.1) is 16.7 Å². The van der Waals surface area contributed by atoms with Crippen LogP contribution in [-0.4, -0.2) is 24.6 Å². The first-order valence-electron chi connectivity index (χ1n) is 9.73. The highest BCUT2D eigenvalue weighted by Gasteiger charge is 2.24. The molecule has 2 N–H and O–H groups in total. The van der Waals surface area contributed by atoms with Gasteiger partial charge < -0.3 is 10.6 Å². The quantitative estimate of drug-likeness (QED) is 0.344. The summed E-state index contributed by atoms with van der Waals surface area (Å²) >= 11 is 12.4. The topological polar surface area (TPSA) is 37.0 Å². The summed E-state index contributed by atoms with van der Waals surface area (Å²) in [6, 6.07) is 12.3. The lowest BCUT2D eigenvalue weighted by Gasteiger charge is -2.17. The molecule has 1 atom stereocenters. The van der Waals surface area contributed by atoms with Crippen molar-refractivity contribution < 1.29 is 0 Å². The molecule has 2 aromatic carbocycles. The molecule has 142 valence electrons. The molecule has 0 spiro atoms. The van der Waals surface area contributed by atoms with Crippen molar-refractivity contribution in [3.63, 3.8) is 0 Å². The number of hydrogen-bond donors (Lipinski definition) is 2. The Bertz CT molecular complexity index is 953. The molecule has 1 saturated carbocycles. The van der Waals surface area contributed by atoms with Crippen LogP contribution in [0.3, 0.4) is 0 Å². The molecule has 1 aliphatic rings. The number of rotatable bonds is 8. The van der Waals surface area contributed by atoms with Crippen molar-refractivity contribution >= 4 is 50.7 Å². The van der Waals surface area contributed by atoms with E-state index in [2.05, 4.69) is 17.7 Å². The van der Waals surface area contributed by atoms with Gasteiger partial charge in [-0.1, -0.05) is 36.0 Å². The SMILES string of the molecule is CNC(CCCNc1c2ccc(Cl)cc2nc2ccc(Cl)cc12)CC1CC1. The van der Waals surface area contributed by atoms with Crippen molar-refractivity contribution in [1.82, 2.24) is 10.3 Å². The molecular formula is C22H25Cl2N3. The number of nitrogens with one attached hydrogen (secondary N) is 2. The van der Waals surface area contributed by atoms with E-state index in [9.17, 15) is 0 Å². The van der Waals surface area contributed by atoms with Crippen molar-refractivity contribution in [1.29, 1.82) is 0 Å². The smallest absolute Gasteiger partial charge is 0.0745 e. The van der Waals surface area contributed by atoms with Crippen molar-refractivity contribution in [3.8, 4) is 0 Å². The fourth-order valence-corrected chi connectivity index (χ4v) is 4.12. The summed E-state index contributed by atoms with van der Waals surface area (Å²) in [5.74, 6) is 0.954. The fraction of sp³-hybridized carbons (Fsp3) is 0.409. The zero-order valence-corrected chi connectivity index (χ0v) is 17.1. The van der Waals surface area contributed by atoms with E-state index >= 15 is 0 Å². The molecule has 0 radical (unpaired) electrons. The summed E-state index contributed by atoms with van der Waals surface area (Å²) in [5.41, 5.74) is 2.93. The van der Waals surface area contributed by atoms with Crippen LogP contribution in [0, 0.1) is 5.92 Å². The Morgan fingerprint density at radius 3 is 2.59 bits per heavy atom. The van der Waals surface area contributed by atoms with Crippen LogP contribution in [0.5, 0.6) is 0 Å². The minimum absolute atomic E-state index is 0.624. The summed E-state index contributed by atoms with van der Waals surface area (Å²) < 4.78 is 0. The maximum atomic E-state index is 6.26. The molecule has 1 aliphatic carbocycles.